The Balaban J connectivity index is 5.77. The summed E-state index contributed by atoms with van der Waals surface area (Å²) in [6.45, 7) is 18.8. The molecule has 0 aliphatic heterocycles. The molecule has 142 valence electrons. The Labute approximate surface area is 153 Å². The normalized spacial score (nSPS) is 12.5. The quantitative estimate of drug-likeness (QED) is 0.182. The van der Waals surface area contributed by atoms with Crippen LogP contribution in [0.1, 0.15) is 6.42 Å². The molecule has 0 radical (unpaired) electrons. The van der Waals surface area contributed by atoms with Crippen molar-refractivity contribution < 1.29 is 22.8 Å². The lowest BCUT2D eigenvalue weighted by atomic mass is 10.5. The summed E-state index contributed by atoms with van der Waals surface area (Å²) >= 11 is 0. The van der Waals surface area contributed by atoms with E-state index in [1.54, 1.807) is 0 Å². The summed E-state index contributed by atoms with van der Waals surface area (Å²) in [5.74, 6) is -0.127. The van der Waals surface area contributed by atoms with Gasteiger partial charge in [-0.2, -0.15) is 0 Å². The van der Waals surface area contributed by atoms with E-state index in [0.29, 0.717) is 6.61 Å². The van der Waals surface area contributed by atoms with Gasteiger partial charge in [0.05, 0.1) is 6.61 Å². The van der Waals surface area contributed by atoms with Crippen LogP contribution in [0.4, 0.5) is 0 Å². The summed E-state index contributed by atoms with van der Waals surface area (Å²) < 4.78 is 23.6. The highest BCUT2D eigenvalue weighted by atomic mass is 28.4. The number of rotatable bonds is 10. The molecule has 0 atom stereocenters. The van der Waals surface area contributed by atoms with Gasteiger partial charge in [0, 0.05) is 10.2 Å². The molecule has 0 amide bonds. The Hall–Kier alpha value is -0.522. The molecule has 0 aliphatic carbocycles. The Morgan fingerprint density at radius 3 is 1.54 bits per heavy atom. The van der Waals surface area contributed by atoms with Crippen molar-refractivity contribution in [3.05, 3.63) is 11.7 Å². The van der Waals surface area contributed by atoms with Gasteiger partial charge in [-0.05, 0) is 65.3 Å². The maximum Gasteiger partial charge on any atom is 0.379 e. The maximum absolute atomic E-state index is 12.6. The van der Waals surface area contributed by atoms with E-state index in [0.717, 1.165) is 22.7 Å². The second-order valence-corrected chi connectivity index (χ2v) is 23.0. The van der Waals surface area contributed by atoms with Gasteiger partial charge in [0.2, 0.25) is 25.0 Å². The highest BCUT2D eigenvalue weighted by molar-refractivity contribution is 6.71. The van der Waals surface area contributed by atoms with Crippen LogP contribution in [0.5, 0.6) is 0 Å². The van der Waals surface area contributed by atoms with Crippen LogP contribution in [-0.4, -0.2) is 47.8 Å². The number of hydrogen-bond donors (Lipinski definition) is 0. The number of ether oxygens (including phenoxy) is 1. The SMILES string of the molecule is C[Si](C)(C)OC(O[Si](C)(C)C)=C(O[Si](C)(C)C)C(=O)OCCC[SiH3]. The van der Waals surface area contributed by atoms with Crippen molar-refractivity contribution in [3.8, 4) is 0 Å². The fourth-order valence-corrected chi connectivity index (χ4v) is 4.05. The first-order valence-corrected chi connectivity index (χ1v) is 20.3. The van der Waals surface area contributed by atoms with E-state index in [9.17, 15) is 4.79 Å². The topological polar surface area (TPSA) is 54.0 Å². The van der Waals surface area contributed by atoms with Gasteiger partial charge in [-0.1, -0.05) is 6.04 Å². The van der Waals surface area contributed by atoms with Crippen molar-refractivity contribution in [1.29, 1.82) is 0 Å². The first-order valence-electron chi connectivity index (χ1n) is 8.63. The van der Waals surface area contributed by atoms with Crippen LogP contribution in [-0.2, 0) is 22.8 Å². The fraction of sp³-hybridized carbons (Fsp3) is 0.800. The highest BCUT2D eigenvalue weighted by Gasteiger charge is 2.34. The molecule has 5 nitrogen and oxygen atoms in total. The van der Waals surface area contributed by atoms with Gasteiger partial charge in [-0.3, -0.25) is 0 Å². The van der Waals surface area contributed by atoms with Crippen molar-refractivity contribution in [2.45, 2.75) is 71.4 Å². The molecule has 0 N–H and O–H groups in total. The third kappa shape index (κ3) is 11.9. The smallest absolute Gasteiger partial charge is 0.379 e. The molecule has 0 bridgehead atoms. The molecule has 0 fully saturated rings. The zero-order valence-electron chi connectivity index (χ0n) is 17.2. The van der Waals surface area contributed by atoms with Gasteiger partial charge in [-0.15, -0.1) is 0 Å². The van der Waals surface area contributed by atoms with Crippen molar-refractivity contribution in [2.24, 2.45) is 0 Å². The summed E-state index contributed by atoms with van der Waals surface area (Å²) in [6, 6.07) is 1.10. The largest absolute Gasteiger partial charge is 0.535 e. The molecular formula is C15H36O5Si4. The van der Waals surface area contributed by atoms with Gasteiger partial charge in [0.1, 0.15) is 0 Å². The number of esters is 1. The standard InChI is InChI=1S/C15H36O5Si4/c1-22(2,3)18-13(14(16)17-11-10-12-21)15(19-23(4,5)6)20-24(7,8)9/h10-12H2,1-9,21H3. The minimum atomic E-state index is -2.03. The van der Waals surface area contributed by atoms with Crippen molar-refractivity contribution >= 4 is 41.2 Å². The molecule has 0 aromatic rings. The molecule has 9 heteroatoms. The lowest BCUT2D eigenvalue weighted by molar-refractivity contribution is -0.142. The van der Waals surface area contributed by atoms with Crippen molar-refractivity contribution in [1.82, 2.24) is 0 Å². The minimum Gasteiger partial charge on any atom is -0.535 e. The average Bonchev–Trinajstić information content (AvgIpc) is 2.30. The fourth-order valence-electron chi connectivity index (χ4n) is 1.52. The summed E-state index contributed by atoms with van der Waals surface area (Å²) in [4.78, 5) is 12.6. The van der Waals surface area contributed by atoms with Crippen LogP contribution in [0.15, 0.2) is 11.7 Å². The molecular weight excluding hydrogens is 373 g/mol. The summed E-state index contributed by atoms with van der Waals surface area (Å²) in [5, 5.41) is 0. The predicted octanol–water partition coefficient (Wildman–Crippen LogP) is 3.43. The molecule has 0 spiro atoms. The Morgan fingerprint density at radius 1 is 0.792 bits per heavy atom. The summed E-state index contributed by atoms with van der Waals surface area (Å²) in [5.41, 5.74) is 0. The lowest BCUT2D eigenvalue weighted by Crippen LogP contribution is -2.36. The second kappa shape index (κ2) is 9.25. The van der Waals surface area contributed by atoms with Gasteiger partial charge in [0.15, 0.2) is 0 Å². The Bertz CT molecular complexity index is 426. The first kappa shape index (κ1) is 23.5. The van der Waals surface area contributed by atoms with Gasteiger partial charge < -0.3 is 18.0 Å². The van der Waals surface area contributed by atoms with E-state index < -0.39 is 30.9 Å². The van der Waals surface area contributed by atoms with Crippen LogP contribution in [0.2, 0.25) is 65.0 Å². The maximum atomic E-state index is 12.6. The van der Waals surface area contributed by atoms with Crippen LogP contribution in [0.3, 0.4) is 0 Å². The monoisotopic (exact) mass is 408 g/mol. The third-order valence-corrected chi connectivity index (χ3v) is 5.43. The van der Waals surface area contributed by atoms with Gasteiger partial charge >= 0.3 is 11.9 Å². The van der Waals surface area contributed by atoms with Crippen LogP contribution < -0.4 is 0 Å². The lowest BCUT2D eigenvalue weighted by Gasteiger charge is -2.30. The molecule has 0 saturated carbocycles. The molecule has 0 aliphatic rings. The molecule has 0 saturated heterocycles. The molecule has 0 rings (SSSR count). The number of carbonyl (C=O) groups excluding carboxylic acids is 1. The third-order valence-electron chi connectivity index (χ3n) is 2.31. The predicted molar refractivity (Wildman–Crippen MR) is 111 cm³/mol. The van der Waals surface area contributed by atoms with Crippen molar-refractivity contribution in [2.75, 3.05) is 6.61 Å². The molecule has 0 aromatic heterocycles. The van der Waals surface area contributed by atoms with E-state index in [1.165, 1.54) is 0 Å². The first-order chi connectivity index (χ1) is 10.6. The van der Waals surface area contributed by atoms with Crippen LogP contribution in [0, 0.1) is 0 Å². The molecule has 0 aromatic carbocycles. The number of carbonyl (C=O) groups is 1. The molecule has 0 unspecified atom stereocenters. The Kier molecular flexibility index (Phi) is 9.05. The van der Waals surface area contributed by atoms with E-state index in [1.807, 2.05) is 19.6 Å². The van der Waals surface area contributed by atoms with Crippen LogP contribution >= 0.6 is 0 Å². The zero-order chi connectivity index (χ0) is 19.2. The van der Waals surface area contributed by atoms with E-state index in [4.69, 9.17) is 18.0 Å². The van der Waals surface area contributed by atoms with E-state index in [-0.39, 0.29) is 11.7 Å². The molecule has 0 heterocycles. The molecule has 24 heavy (non-hydrogen) atoms. The van der Waals surface area contributed by atoms with E-state index >= 15 is 0 Å². The second-order valence-electron chi connectivity index (χ2n) is 8.75. The summed E-state index contributed by atoms with van der Waals surface area (Å²) in [7, 11) is -4.86. The van der Waals surface area contributed by atoms with Crippen LogP contribution in [0.25, 0.3) is 0 Å². The highest BCUT2D eigenvalue weighted by Crippen LogP contribution is 2.24. The number of hydrogen-bond acceptors (Lipinski definition) is 5. The van der Waals surface area contributed by atoms with Gasteiger partial charge in [0.25, 0.3) is 5.76 Å². The van der Waals surface area contributed by atoms with Crippen molar-refractivity contribution in [3.63, 3.8) is 0 Å². The van der Waals surface area contributed by atoms with Gasteiger partial charge in [-0.25, -0.2) is 4.79 Å². The summed E-state index contributed by atoms with van der Waals surface area (Å²) in [6.07, 6.45) is 0.886. The Morgan fingerprint density at radius 2 is 1.21 bits per heavy atom. The van der Waals surface area contributed by atoms with E-state index in [2.05, 4.69) is 39.3 Å². The average molecular weight is 409 g/mol. The minimum absolute atomic E-state index is 0.118. The zero-order valence-corrected chi connectivity index (χ0v) is 22.2.